The fraction of sp³-hybridized carbons (Fsp3) is 0.227. The van der Waals surface area contributed by atoms with Gasteiger partial charge in [0, 0.05) is 28.5 Å². The number of benzene rings is 2. The summed E-state index contributed by atoms with van der Waals surface area (Å²) in [6.45, 7) is 4.28. The third-order valence-corrected chi connectivity index (χ3v) is 5.76. The van der Waals surface area contributed by atoms with Crippen molar-refractivity contribution in [2.75, 3.05) is 11.4 Å². The Morgan fingerprint density at radius 3 is 2.67 bits per heavy atom. The van der Waals surface area contributed by atoms with E-state index in [1.54, 1.807) is 29.3 Å². The summed E-state index contributed by atoms with van der Waals surface area (Å²) in [5.41, 5.74) is 2.70. The average molecular weight is 443 g/mol. The van der Waals surface area contributed by atoms with Crippen molar-refractivity contribution < 1.29 is 4.79 Å². The van der Waals surface area contributed by atoms with Crippen LogP contribution in [0, 0.1) is 6.92 Å². The van der Waals surface area contributed by atoms with Gasteiger partial charge in [0.15, 0.2) is 0 Å². The predicted octanol–water partition coefficient (Wildman–Crippen LogP) is 4.94. The summed E-state index contributed by atoms with van der Waals surface area (Å²) >= 11 is 12.1. The standard InChI is InChI=1S/C22H20Cl2N4O2/c1-3-8-27(14-5-6-17(23)18(24)10-14)20(29)12-28-22(30)21-16(11-25-28)15-9-13(2)4-7-19(15)26-21/h4-7,9-11,26H,3,8,12H2,1-2H3. The Balaban J connectivity index is 1.70. The van der Waals surface area contributed by atoms with Gasteiger partial charge in [0.1, 0.15) is 12.1 Å². The summed E-state index contributed by atoms with van der Waals surface area (Å²) in [4.78, 5) is 30.8. The number of amides is 1. The van der Waals surface area contributed by atoms with E-state index in [9.17, 15) is 9.59 Å². The van der Waals surface area contributed by atoms with E-state index in [1.807, 2.05) is 32.0 Å². The van der Waals surface area contributed by atoms with Crippen LogP contribution >= 0.6 is 23.2 Å². The van der Waals surface area contributed by atoms with Gasteiger partial charge in [0.25, 0.3) is 5.56 Å². The van der Waals surface area contributed by atoms with E-state index in [0.29, 0.717) is 27.8 Å². The molecule has 2 aromatic carbocycles. The number of fused-ring (bicyclic) bond motifs is 3. The van der Waals surface area contributed by atoms with E-state index in [4.69, 9.17) is 23.2 Å². The number of nitrogens with zero attached hydrogens (tertiary/aromatic N) is 3. The summed E-state index contributed by atoms with van der Waals surface area (Å²) in [6.07, 6.45) is 2.38. The first-order valence-electron chi connectivity index (χ1n) is 9.62. The Hall–Kier alpha value is -2.83. The Bertz CT molecular complexity index is 1330. The van der Waals surface area contributed by atoms with Crippen LogP contribution in [0.3, 0.4) is 0 Å². The van der Waals surface area contributed by atoms with Gasteiger partial charge in [-0.25, -0.2) is 4.68 Å². The smallest absolute Gasteiger partial charge is 0.291 e. The van der Waals surface area contributed by atoms with Crippen LogP contribution in [0.4, 0.5) is 5.69 Å². The van der Waals surface area contributed by atoms with Gasteiger partial charge in [-0.3, -0.25) is 9.59 Å². The fourth-order valence-corrected chi connectivity index (χ4v) is 3.83. The molecule has 2 aromatic heterocycles. The predicted molar refractivity (Wildman–Crippen MR) is 122 cm³/mol. The summed E-state index contributed by atoms with van der Waals surface area (Å²) < 4.78 is 1.19. The highest BCUT2D eigenvalue weighted by Crippen LogP contribution is 2.28. The SMILES string of the molecule is CCCN(C(=O)Cn1ncc2c([nH]c3ccc(C)cc32)c1=O)c1ccc(Cl)c(Cl)c1. The highest BCUT2D eigenvalue weighted by atomic mass is 35.5. The number of H-pyrrole nitrogens is 1. The van der Waals surface area contributed by atoms with Crippen molar-refractivity contribution in [3.8, 4) is 0 Å². The molecule has 1 N–H and O–H groups in total. The third-order valence-electron chi connectivity index (χ3n) is 5.02. The number of carbonyl (C=O) groups is 1. The third kappa shape index (κ3) is 3.68. The van der Waals surface area contributed by atoms with Crippen LogP contribution in [0.25, 0.3) is 21.8 Å². The minimum atomic E-state index is -0.333. The van der Waals surface area contributed by atoms with Crippen molar-refractivity contribution in [3.05, 3.63) is 68.6 Å². The second kappa shape index (κ2) is 8.13. The van der Waals surface area contributed by atoms with Gasteiger partial charge < -0.3 is 9.88 Å². The van der Waals surface area contributed by atoms with Gasteiger partial charge in [-0.2, -0.15) is 5.10 Å². The maximum atomic E-state index is 13.0. The van der Waals surface area contributed by atoms with E-state index in [0.717, 1.165) is 28.3 Å². The molecular weight excluding hydrogens is 423 g/mol. The van der Waals surface area contributed by atoms with E-state index in [2.05, 4.69) is 10.1 Å². The van der Waals surface area contributed by atoms with Gasteiger partial charge in [-0.05, 0) is 43.7 Å². The van der Waals surface area contributed by atoms with Crippen molar-refractivity contribution in [3.63, 3.8) is 0 Å². The number of aromatic nitrogens is 3. The highest BCUT2D eigenvalue weighted by molar-refractivity contribution is 6.42. The zero-order chi connectivity index (χ0) is 21.4. The monoisotopic (exact) mass is 442 g/mol. The maximum Gasteiger partial charge on any atom is 0.291 e. The quantitative estimate of drug-likeness (QED) is 0.475. The molecule has 0 radical (unpaired) electrons. The zero-order valence-electron chi connectivity index (χ0n) is 16.6. The molecule has 8 heteroatoms. The normalized spacial score (nSPS) is 11.3. The zero-order valence-corrected chi connectivity index (χ0v) is 18.1. The molecule has 0 aliphatic carbocycles. The van der Waals surface area contributed by atoms with Crippen molar-refractivity contribution in [1.82, 2.24) is 14.8 Å². The van der Waals surface area contributed by atoms with Crippen molar-refractivity contribution in [1.29, 1.82) is 0 Å². The van der Waals surface area contributed by atoms with Crippen LogP contribution in [0.1, 0.15) is 18.9 Å². The molecule has 154 valence electrons. The first kappa shape index (κ1) is 20.4. The van der Waals surface area contributed by atoms with Gasteiger partial charge >= 0.3 is 0 Å². The number of aryl methyl sites for hydroxylation is 1. The molecule has 4 aromatic rings. The molecule has 4 rings (SSSR count). The van der Waals surface area contributed by atoms with Crippen LogP contribution in [-0.2, 0) is 11.3 Å². The summed E-state index contributed by atoms with van der Waals surface area (Å²) in [5.74, 6) is -0.254. The fourth-order valence-electron chi connectivity index (χ4n) is 3.54. The molecule has 30 heavy (non-hydrogen) atoms. The lowest BCUT2D eigenvalue weighted by atomic mass is 10.1. The lowest BCUT2D eigenvalue weighted by Crippen LogP contribution is -2.38. The Labute approximate surface area is 183 Å². The van der Waals surface area contributed by atoms with E-state index in [1.165, 1.54) is 4.68 Å². The second-order valence-corrected chi connectivity index (χ2v) is 8.03. The molecule has 1 amide bonds. The summed E-state index contributed by atoms with van der Waals surface area (Å²) in [7, 11) is 0. The van der Waals surface area contributed by atoms with E-state index >= 15 is 0 Å². The first-order valence-corrected chi connectivity index (χ1v) is 10.4. The largest absolute Gasteiger partial charge is 0.350 e. The minimum absolute atomic E-state index is 0.177. The van der Waals surface area contributed by atoms with Gasteiger partial charge in [-0.1, -0.05) is 41.8 Å². The molecule has 0 aliphatic heterocycles. The number of rotatable bonds is 5. The lowest BCUT2D eigenvalue weighted by Gasteiger charge is -2.23. The average Bonchev–Trinajstić information content (AvgIpc) is 3.09. The molecule has 0 atom stereocenters. The van der Waals surface area contributed by atoms with Crippen LogP contribution < -0.4 is 10.5 Å². The molecule has 0 spiro atoms. The molecule has 0 unspecified atom stereocenters. The molecule has 0 saturated carbocycles. The molecule has 0 aliphatic rings. The van der Waals surface area contributed by atoms with Crippen LogP contribution in [0.2, 0.25) is 10.0 Å². The summed E-state index contributed by atoms with van der Waals surface area (Å²) in [5, 5.41) is 6.73. The molecule has 0 bridgehead atoms. The number of nitrogens with one attached hydrogen (secondary N) is 1. The molecular formula is C22H20Cl2N4O2. The van der Waals surface area contributed by atoms with Crippen molar-refractivity contribution in [2.24, 2.45) is 0 Å². The second-order valence-electron chi connectivity index (χ2n) is 7.21. The Morgan fingerprint density at radius 1 is 1.13 bits per heavy atom. The number of hydrogen-bond acceptors (Lipinski definition) is 3. The molecule has 0 fully saturated rings. The Kier molecular flexibility index (Phi) is 5.54. The topological polar surface area (TPSA) is 71.0 Å². The van der Waals surface area contributed by atoms with Gasteiger partial charge in [-0.15, -0.1) is 0 Å². The van der Waals surface area contributed by atoms with Crippen LogP contribution in [0.5, 0.6) is 0 Å². The van der Waals surface area contributed by atoms with Crippen molar-refractivity contribution >= 4 is 56.6 Å². The minimum Gasteiger partial charge on any atom is -0.350 e. The van der Waals surface area contributed by atoms with Crippen LogP contribution in [-0.4, -0.2) is 27.2 Å². The number of anilines is 1. The number of aromatic amines is 1. The first-order chi connectivity index (χ1) is 14.4. The Morgan fingerprint density at radius 2 is 1.93 bits per heavy atom. The van der Waals surface area contributed by atoms with E-state index < -0.39 is 0 Å². The van der Waals surface area contributed by atoms with Gasteiger partial charge in [0.05, 0.1) is 16.2 Å². The van der Waals surface area contributed by atoms with Gasteiger partial charge in [0.2, 0.25) is 5.91 Å². The maximum absolute atomic E-state index is 13.0. The molecule has 0 saturated heterocycles. The van der Waals surface area contributed by atoms with Crippen LogP contribution in [0.15, 0.2) is 47.4 Å². The molecule has 6 nitrogen and oxygen atoms in total. The lowest BCUT2D eigenvalue weighted by molar-refractivity contribution is -0.119. The number of carbonyl (C=O) groups excluding carboxylic acids is 1. The molecule has 2 heterocycles. The number of halogens is 2. The summed E-state index contributed by atoms with van der Waals surface area (Å²) in [6, 6.07) is 11.0. The highest BCUT2D eigenvalue weighted by Gasteiger charge is 2.19. The van der Waals surface area contributed by atoms with Crippen molar-refractivity contribution in [2.45, 2.75) is 26.8 Å². The number of hydrogen-bond donors (Lipinski definition) is 1. The van der Waals surface area contributed by atoms with E-state index in [-0.39, 0.29) is 18.0 Å².